The van der Waals surface area contributed by atoms with Gasteiger partial charge in [-0.3, -0.25) is 4.79 Å². The van der Waals surface area contributed by atoms with Crippen LogP contribution in [0.3, 0.4) is 0 Å². The highest BCUT2D eigenvalue weighted by Crippen LogP contribution is 2.23. The largest absolute Gasteiger partial charge is 0.333 e. The molecule has 1 amide bonds. The van der Waals surface area contributed by atoms with Crippen LogP contribution in [-0.4, -0.2) is 21.6 Å². The number of H-pyrrole nitrogens is 1. The van der Waals surface area contributed by atoms with Crippen LogP contribution in [0.4, 0.5) is 0 Å². The highest BCUT2D eigenvalue weighted by molar-refractivity contribution is 7.98. The first kappa shape index (κ1) is 18.7. The number of aromatic amines is 1. The zero-order chi connectivity index (χ0) is 19.3. The molecule has 5 nitrogen and oxygen atoms in total. The van der Waals surface area contributed by atoms with Crippen molar-refractivity contribution in [3.63, 3.8) is 0 Å². The molecule has 2 aromatic carbocycles. The van der Waals surface area contributed by atoms with Gasteiger partial charge in [0, 0.05) is 17.0 Å². The molecular formula is C22H24N4OS. The number of rotatable bonds is 5. The lowest BCUT2D eigenvalue weighted by Crippen LogP contribution is -2.22. The van der Waals surface area contributed by atoms with Crippen molar-refractivity contribution in [3.05, 3.63) is 59.7 Å². The van der Waals surface area contributed by atoms with Crippen molar-refractivity contribution >= 4 is 34.4 Å². The molecule has 3 aromatic rings. The number of hydrazone groups is 1. The number of imidazole rings is 1. The number of aromatic nitrogens is 2. The monoisotopic (exact) mass is 392 g/mol. The molecule has 2 N–H and O–H groups in total. The van der Waals surface area contributed by atoms with Crippen molar-refractivity contribution in [1.82, 2.24) is 15.4 Å². The van der Waals surface area contributed by atoms with Gasteiger partial charge < -0.3 is 4.98 Å². The smallest absolute Gasteiger partial charge is 0.271 e. The number of amides is 1. The van der Waals surface area contributed by atoms with Crippen LogP contribution in [0.25, 0.3) is 11.0 Å². The predicted molar refractivity (Wildman–Crippen MR) is 115 cm³/mol. The minimum atomic E-state index is -0.151. The molecule has 0 aliphatic heterocycles. The Hall–Kier alpha value is -2.60. The normalized spacial score (nSPS) is 18.5. The van der Waals surface area contributed by atoms with E-state index in [0.717, 1.165) is 52.5 Å². The van der Waals surface area contributed by atoms with E-state index in [9.17, 15) is 4.79 Å². The summed E-state index contributed by atoms with van der Waals surface area (Å²) < 4.78 is 0. The van der Waals surface area contributed by atoms with E-state index in [4.69, 9.17) is 0 Å². The zero-order valence-corrected chi connectivity index (χ0v) is 16.8. The quantitative estimate of drug-likeness (QED) is 0.466. The molecule has 0 bridgehead atoms. The molecule has 1 heterocycles. The van der Waals surface area contributed by atoms with Crippen molar-refractivity contribution in [1.29, 1.82) is 0 Å². The van der Waals surface area contributed by atoms with E-state index in [1.165, 1.54) is 6.42 Å². The Labute approximate surface area is 169 Å². The van der Waals surface area contributed by atoms with Gasteiger partial charge in [-0.2, -0.15) is 5.10 Å². The van der Waals surface area contributed by atoms with Crippen LogP contribution in [0, 0.1) is 5.92 Å². The summed E-state index contributed by atoms with van der Waals surface area (Å²) in [6.07, 6.45) is 4.38. The first-order valence-corrected chi connectivity index (χ1v) is 10.7. The molecular weight excluding hydrogens is 368 g/mol. The Kier molecular flexibility index (Phi) is 5.76. The van der Waals surface area contributed by atoms with Crippen LogP contribution in [0.5, 0.6) is 0 Å². The van der Waals surface area contributed by atoms with E-state index in [2.05, 4.69) is 27.4 Å². The van der Waals surface area contributed by atoms with Gasteiger partial charge in [-0.1, -0.05) is 43.0 Å². The topological polar surface area (TPSA) is 70.1 Å². The van der Waals surface area contributed by atoms with E-state index in [0.29, 0.717) is 11.5 Å². The van der Waals surface area contributed by atoms with Gasteiger partial charge in [-0.15, -0.1) is 0 Å². The van der Waals surface area contributed by atoms with Gasteiger partial charge in [0.15, 0.2) is 5.16 Å². The number of para-hydroxylation sites is 2. The molecule has 1 fully saturated rings. The number of nitrogens with one attached hydrogen (secondary N) is 2. The Balaban J connectivity index is 1.32. The van der Waals surface area contributed by atoms with Gasteiger partial charge in [-0.25, -0.2) is 10.4 Å². The van der Waals surface area contributed by atoms with Gasteiger partial charge in [0.05, 0.1) is 11.0 Å². The summed E-state index contributed by atoms with van der Waals surface area (Å²) in [6.45, 7) is 2.23. The van der Waals surface area contributed by atoms with E-state index in [1.807, 2.05) is 48.5 Å². The standard InChI is InChI=1S/C22H24N4OS/c1-15-5-4-6-18(13-15)25-26-21(27)17-11-9-16(10-12-17)14-28-22-23-19-7-2-3-8-20(19)24-22/h2-3,7-12,15H,4-6,13-14H2,1H3,(H,23,24)(H,26,27)/b25-18+. The third kappa shape index (κ3) is 4.62. The summed E-state index contributed by atoms with van der Waals surface area (Å²) in [5, 5.41) is 5.23. The van der Waals surface area contributed by atoms with Gasteiger partial charge in [-0.05, 0) is 61.4 Å². The van der Waals surface area contributed by atoms with Crippen LogP contribution in [0.2, 0.25) is 0 Å². The van der Waals surface area contributed by atoms with Crippen molar-refractivity contribution < 1.29 is 4.79 Å². The molecule has 1 aliphatic carbocycles. The van der Waals surface area contributed by atoms with Gasteiger partial charge in [0.25, 0.3) is 5.91 Å². The lowest BCUT2D eigenvalue weighted by Gasteiger charge is -2.18. The average Bonchev–Trinajstić information content (AvgIpc) is 3.14. The minimum absolute atomic E-state index is 0.151. The van der Waals surface area contributed by atoms with Crippen molar-refractivity contribution in [2.45, 2.75) is 43.5 Å². The SMILES string of the molecule is CC1CCC/C(=N\NC(=O)c2ccc(CSc3nc4ccccc4[nH]3)cc2)C1. The molecule has 0 saturated heterocycles. The maximum absolute atomic E-state index is 12.3. The Bertz CT molecular complexity index is 960. The van der Waals surface area contributed by atoms with E-state index < -0.39 is 0 Å². The molecule has 4 rings (SSSR count). The Morgan fingerprint density at radius 1 is 1.25 bits per heavy atom. The lowest BCUT2D eigenvalue weighted by atomic mass is 9.89. The fourth-order valence-corrected chi connectivity index (χ4v) is 4.30. The number of nitrogens with zero attached hydrogens (tertiary/aromatic N) is 2. The minimum Gasteiger partial charge on any atom is -0.333 e. The number of carbonyl (C=O) groups is 1. The van der Waals surface area contributed by atoms with Crippen molar-refractivity contribution in [2.75, 3.05) is 0 Å². The number of thioether (sulfide) groups is 1. The summed E-state index contributed by atoms with van der Waals surface area (Å²) >= 11 is 1.65. The molecule has 1 aliphatic rings. The maximum Gasteiger partial charge on any atom is 0.271 e. The second-order valence-corrected chi connectivity index (χ2v) is 8.33. The van der Waals surface area contributed by atoms with E-state index in [1.54, 1.807) is 11.8 Å². The van der Waals surface area contributed by atoms with E-state index in [-0.39, 0.29) is 5.91 Å². The molecule has 6 heteroatoms. The molecule has 1 atom stereocenters. The Morgan fingerprint density at radius 2 is 2.07 bits per heavy atom. The number of hydrogen-bond acceptors (Lipinski definition) is 4. The Morgan fingerprint density at radius 3 is 2.86 bits per heavy atom. The summed E-state index contributed by atoms with van der Waals surface area (Å²) in [5.74, 6) is 1.30. The third-order valence-electron chi connectivity index (χ3n) is 5.02. The molecule has 28 heavy (non-hydrogen) atoms. The molecule has 0 radical (unpaired) electrons. The first-order valence-electron chi connectivity index (χ1n) is 9.69. The molecule has 1 aromatic heterocycles. The highest BCUT2D eigenvalue weighted by Gasteiger charge is 2.14. The van der Waals surface area contributed by atoms with Crippen LogP contribution in [-0.2, 0) is 5.75 Å². The molecule has 1 saturated carbocycles. The highest BCUT2D eigenvalue weighted by atomic mass is 32.2. The zero-order valence-electron chi connectivity index (χ0n) is 15.9. The van der Waals surface area contributed by atoms with Crippen LogP contribution in [0.1, 0.15) is 48.5 Å². The fourth-order valence-electron chi connectivity index (χ4n) is 3.46. The number of benzene rings is 2. The van der Waals surface area contributed by atoms with Crippen molar-refractivity contribution in [2.24, 2.45) is 11.0 Å². The van der Waals surface area contributed by atoms with Crippen LogP contribution in [0.15, 0.2) is 58.8 Å². The third-order valence-corrected chi connectivity index (χ3v) is 5.97. The summed E-state index contributed by atoms with van der Waals surface area (Å²) in [4.78, 5) is 20.2. The second kappa shape index (κ2) is 8.61. The van der Waals surface area contributed by atoms with Gasteiger partial charge in [0.2, 0.25) is 0 Å². The summed E-state index contributed by atoms with van der Waals surface area (Å²) in [7, 11) is 0. The fraction of sp³-hybridized carbons (Fsp3) is 0.318. The number of hydrogen-bond donors (Lipinski definition) is 2. The summed E-state index contributed by atoms with van der Waals surface area (Å²) in [5.41, 5.74) is 7.62. The first-order chi connectivity index (χ1) is 13.7. The van der Waals surface area contributed by atoms with Gasteiger partial charge in [0.1, 0.15) is 0 Å². The average molecular weight is 393 g/mol. The van der Waals surface area contributed by atoms with Crippen LogP contribution < -0.4 is 5.43 Å². The van der Waals surface area contributed by atoms with Gasteiger partial charge >= 0.3 is 0 Å². The molecule has 144 valence electrons. The predicted octanol–water partition coefficient (Wildman–Crippen LogP) is 5.15. The maximum atomic E-state index is 12.3. The molecule has 0 spiro atoms. The number of carbonyl (C=O) groups excluding carboxylic acids is 1. The van der Waals surface area contributed by atoms with Crippen molar-refractivity contribution in [3.8, 4) is 0 Å². The molecule has 1 unspecified atom stereocenters. The lowest BCUT2D eigenvalue weighted by molar-refractivity contribution is 0.0954. The second-order valence-electron chi connectivity index (χ2n) is 7.37. The number of fused-ring (bicyclic) bond motifs is 1. The van der Waals surface area contributed by atoms with Crippen LogP contribution >= 0.6 is 11.8 Å². The van der Waals surface area contributed by atoms with E-state index >= 15 is 0 Å². The summed E-state index contributed by atoms with van der Waals surface area (Å²) in [6, 6.07) is 15.7.